The molecule has 0 spiro atoms. The van der Waals surface area contributed by atoms with Crippen molar-refractivity contribution in [2.45, 2.75) is 0 Å². The summed E-state index contributed by atoms with van der Waals surface area (Å²) in [6, 6.07) is 4.06. The predicted octanol–water partition coefficient (Wildman–Crippen LogP) is 0.325. The molecule has 6 nitrogen and oxygen atoms in total. The Morgan fingerprint density at radius 3 is 2.61 bits per heavy atom. The van der Waals surface area contributed by atoms with Crippen LogP contribution in [0.2, 0.25) is 5.02 Å². The quantitative estimate of drug-likeness (QED) is 0.681. The Bertz CT molecular complexity index is 545. The molecule has 0 fully saturated rings. The first-order chi connectivity index (χ1) is 8.29. The molecule has 0 aliphatic carbocycles. The number of hydrogen-bond donors (Lipinski definition) is 3. The first kappa shape index (κ1) is 14.7. The molecule has 0 bridgehead atoms. The lowest BCUT2D eigenvalue weighted by Gasteiger charge is -2.06. The van der Waals surface area contributed by atoms with Crippen molar-refractivity contribution >= 4 is 27.5 Å². The zero-order valence-electron chi connectivity index (χ0n) is 9.60. The summed E-state index contributed by atoms with van der Waals surface area (Å²) >= 11 is 5.66. The van der Waals surface area contributed by atoms with Crippen molar-refractivity contribution in [3.63, 3.8) is 0 Å². The molecule has 3 N–H and O–H groups in total. The van der Waals surface area contributed by atoms with E-state index in [-0.39, 0.29) is 29.4 Å². The molecule has 0 aromatic heterocycles. The lowest BCUT2D eigenvalue weighted by Crippen LogP contribution is -2.34. The Kier molecular flexibility index (Phi) is 4.94. The molecule has 0 saturated carbocycles. The van der Waals surface area contributed by atoms with Gasteiger partial charge in [-0.05, 0) is 18.2 Å². The van der Waals surface area contributed by atoms with E-state index in [0.717, 1.165) is 6.26 Å². The molecule has 0 aliphatic rings. The van der Waals surface area contributed by atoms with Gasteiger partial charge in [-0.15, -0.1) is 0 Å². The molecule has 1 rings (SSSR count). The average Bonchev–Trinajstić information content (AvgIpc) is 2.26. The normalized spacial score (nSPS) is 11.2. The van der Waals surface area contributed by atoms with Crippen LogP contribution in [-0.4, -0.2) is 38.8 Å². The Labute approximate surface area is 110 Å². The van der Waals surface area contributed by atoms with Crippen molar-refractivity contribution in [2.75, 3.05) is 19.3 Å². The summed E-state index contributed by atoms with van der Waals surface area (Å²) in [5.41, 5.74) is 0.289. The number of sulfonamides is 1. The third-order valence-corrected chi connectivity index (χ3v) is 3.02. The van der Waals surface area contributed by atoms with Gasteiger partial charge >= 0.3 is 0 Å². The molecule has 1 aromatic rings. The second kappa shape index (κ2) is 6.03. The Morgan fingerprint density at radius 2 is 2.06 bits per heavy atom. The van der Waals surface area contributed by atoms with E-state index in [2.05, 4.69) is 10.0 Å². The lowest BCUT2D eigenvalue weighted by molar-refractivity contribution is 0.0954. The zero-order valence-corrected chi connectivity index (χ0v) is 11.2. The van der Waals surface area contributed by atoms with E-state index in [4.69, 9.17) is 11.6 Å². The standard InChI is InChI=1S/C10H13ClN2O4S/c1-18(16,17)13-5-4-12-10(15)7-2-3-9(14)8(11)6-7/h2-3,6,13-14H,4-5H2,1H3,(H,12,15). The Morgan fingerprint density at radius 1 is 1.39 bits per heavy atom. The van der Waals surface area contributed by atoms with Crippen molar-refractivity contribution in [1.82, 2.24) is 10.0 Å². The van der Waals surface area contributed by atoms with Gasteiger partial charge in [-0.25, -0.2) is 13.1 Å². The fourth-order valence-corrected chi connectivity index (χ4v) is 1.82. The number of carbonyl (C=O) groups excluding carboxylic acids is 1. The summed E-state index contributed by atoms with van der Waals surface area (Å²) in [5.74, 6) is -0.501. The summed E-state index contributed by atoms with van der Waals surface area (Å²) in [6.07, 6.45) is 1.04. The molecule has 0 radical (unpaired) electrons. The van der Waals surface area contributed by atoms with Crippen molar-refractivity contribution in [3.8, 4) is 5.75 Å². The van der Waals surface area contributed by atoms with Crippen LogP contribution in [0, 0.1) is 0 Å². The Hall–Kier alpha value is -1.31. The molecule has 18 heavy (non-hydrogen) atoms. The first-order valence-corrected chi connectivity index (χ1v) is 7.28. The predicted molar refractivity (Wildman–Crippen MR) is 68.3 cm³/mol. The number of benzene rings is 1. The number of carbonyl (C=O) groups is 1. The summed E-state index contributed by atoms with van der Waals surface area (Å²) < 4.78 is 23.8. The Balaban J connectivity index is 2.48. The van der Waals surface area contributed by atoms with Gasteiger partial charge in [0.25, 0.3) is 5.91 Å². The van der Waals surface area contributed by atoms with Crippen LogP contribution >= 0.6 is 11.6 Å². The summed E-state index contributed by atoms with van der Waals surface area (Å²) in [6.45, 7) is 0.265. The zero-order chi connectivity index (χ0) is 13.8. The number of nitrogens with one attached hydrogen (secondary N) is 2. The molecule has 0 saturated heterocycles. The van der Waals surface area contributed by atoms with E-state index in [1.54, 1.807) is 0 Å². The summed E-state index contributed by atoms with van der Waals surface area (Å²) in [5, 5.41) is 11.8. The maximum atomic E-state index is 11.6. The molecule has 0 aliphatic heterocycles. The number of halogens is 1. The first-order valence-electron chi connectivity index (χ1n) is 5.01. The number of phenolic OH excluding ortho intramolecular Hbond substituents is 1. The average molecular weight is 293 g/mol. The van der Waals surface area contributed by atoms with Gasteiger partial charge in [-0.3, -0.25) is 4.79 Å². The summed E-state index contributed by atoms with van der Waals surface area (Å²) in [4.78, 5) is 11.6. The van der Waals surface area contributed by atoms with Gasteiger partial charge in [0, 0.05) is 18.7 Å². The maximum absolute atomic E-state index is 11.6. The second-order valence-corrected chi connectivity index (χ2v) is 5.83. The molecule has 1 amide bonds. The number of amides is 1. The minimum Gasteiger partial charge on any atom is -0.506 e. The molecule has 100 valence electrons. The highest BCUT2D eigenvalue weighted by Crippen LogP contribution is 2.23. The van der Waals surface area contributed by atoms with E-state index in [9.17, 15) is 18.3 Å². The SMILES string of the molecule is CS(=O)(=O)NCCNC(=O)c1ccc(O)c(Cl)c1. The smallest absolute Gasteiger partial charge is 0.251 e. The highest BCUT2D eigenvalue weighted by molar-refractivity contribution is 7.88. The van der Waals surface area contributed by atoms with E-state index in [1.807, 2.05) is 0 Å². The van der Waals surface area contributed by atoms with Gasteiger partial charge < -0.3 is 10.4 Å². The van der Waals surface area contributed by atoms with Gasteiger partial charge in [0.05, 0.1) is 11.3 Å². The van der Waals surface area contributed by atoms with Crippen LogP contribution < -0.4 is 10.0 Å². The summed E-state index contributed by atoms with van der Waals surface area (Å²) in [7, 11) is -3.25. The topological polar surface area (TPSA) is 95.5 Å². The van der Waals surface area contributed by atoms with Gasteiger partial charge in [0.2, 0.25) is 10.0 Å². The fraction of sp³-hybridized carbons (Fsp3) is 0.300. The van der Waals surface area contributed by atoms with Crippen molar-refractivity contribution in [3.05, 3.63) is 28.8 Å². The highest BCUT2D eigenvalue weighted by Gasteiger charge is 2.08. The minimum absolute atomic E-state index is 0.0805. The molecular weight excluding hydrogens is 280 g/mol. The molecule has 8 heteroatoms. The molecular formula is C10H13ClN2O4S. The van der Waals surface area contributed by atoms with Crippen LogP contribution in [0.3, 0.4) is 0 Å². The lowest BCUT2D eigenvalue weighted by atomic mass is 10.2. The third kappa shape index (κ3) is 4.91. The number of aromatic hydroxyl groups is 1. The second-order valence-electron chi connectivity index (χ2n) is 3.59. The van der Waals surface area contributed by atoms with Gasteiger partial charge in [0.15, 0.2) is 0 Å². The van der Waals surface area contributed by atoms with Crippen LogP contribution in [0.5, 0.6) is 5.75 Å². The minimum atomic E-state index is -3.25. The highest BCUT2D eigenvalue weighted by atomic mass is 35.5. The fourth-order valence-electron chi connectivity index (χ4n) is 1.16. The van der Waals surface area contributed by atoms with Crippen molar-refractivity contribution in [2.24, 2.45) is 0 Å². The molecule has 1 aromatic carbocycles. The molecule has 0 unspecified atom stereocenters. The van der Waals surface area contributed by atoms with Gasteiger partial charge in [-0.1, -0.05) is 11.6 Å². The van der Waals surface area contributed by atoms with E-state index in [0.29, 0.717) is 0 Å². The van der Waals surface area contributed by atoms with E-state index in [1.165, 1.54) is 18.2 Å². The molecule has 0 atom stereocenters. The number of phenols is 1. The maximum Gasteiger partial charge on any atom is 0.251 e. The van der Waals surface area contributed by atoms with Crippen LogP contribution in [0.4, 0.5) is 0 Å². The monoisotopic (exact) mass is 292 g/mol. The van der Waals surface area contributed by atoms with E-state index >= 15 is 0 Å². The van der Waals surface area contributed by atoms with Crippen LogP contribution in [0.1, 0.15) is 10.4 Å². The van der Waals surface area contributed by atoms with Crippen molar-refractivity contribution in [1.29, 1.82) is 0 Å². The largest absolute Gasteiger partial charge is 0.506 e. The third-order valence-electron chi connectivity index (χ3n) is 1.98. The number of hydrogen-bond acceptors (Lipinski definition) is 4. The van der Waals surface area contributed by atoms with Gasteiger partial charge in [-0.2, -0.15) is 0 Å². The van der Waals surface area contributed by atoms with Crippen molar-refractivity contribution < 1.29 is 18.3 Å². The number of rotatable bonds is 5. The molecule has 0 heterocycles. The van der Waals surface area contributed by atoms with Gasteiger partial charge in [0.1, 0.15) is 5.75 Å². The van der Waals surface area contributed by atoms with Crippen LogP contribution in [-0.2, 0) is 10.0 Å². The van der Waals surface area contributed by atoms with Crippen LogP contribution in [0.15, 0.2) is 18.2 Å². The van der Waals surface area contributed by atoms with E-state index < -0.39 is 15.9 Å². The van der Waals surface area contributed by atoms with Crippen LogP contribution in [0.25, 0.3) is 0 Å².